The van der Waals surface area contributed by atoms with Crippen molar-refractivity contribution in [3.63, 3.8) is 0 Å². The van der Waals surface area contributed by atoms with E-state index in [9.17, 15) is 14.9 Å². The van der Waals surface area contributed by atoms with Crippen molar-refractivity contribution in [2.75, 3.05) is 31.1 Å². The third-order valence-electron chi connectivity index (χ3n) is 5.01. The molecule has 0 bridgehead atoms. The lowest BCUT2D eigenvalue weighted by Gasteiger charge is -2.32. The predicted molar refractivity (Wildman–Crippen MR) is 88.6 cm³/mol. The van der Waals surface area contributed by atoms with Crippen LogP contribution >= 0.6 is 0 Å². The molecule has 6 heteroatoms. The maximum Gasteiger partial charge on any atom is 0.269 e. The number of carbonyl (C=O) groups is 1. The number of non-ortho nitro benzene ring substituents is 1. The van der Waals surface area contributed by atoms with Crippen molar-refractivity contribution >= 4 is 17.3 Å². The van der Waals surface area contributed by atoms with Crippen LogP contribution in [0.2, 0.25) is 0 Å². The van der Waals surface area contributed by atoms with Crippen LogP contribution in [0.1, 0.15) is 31.7 Å². The number of piperidine rings is 1. The highest BCUT2D eigenvalue weighted by molar-refractivity contribution is 5.97. The number of hydrogen-bond acceptors (Lipinski definition) is 4. The predicted octanol–water partition coefficient (Wildman–Crippen LogP) is 2.61. The summed E-state index contributed by atoms with van der Waals surface area (Å²) in [4.78, 5) is 27.2. The second kappa shape index (κ2) is 6.66. The third-order valence-corrected chi connectivity index (χ3v) is 5.01. The summed E-state index contributed by atoms with van der Waals surface area (Å²) in [5.41, 5.74) is 1.84. The van der Waals surface area contributed by atoms with Gasteiger partial charge in [-0.05, 0) is 43.4 Å². The highest BCUT2D eigenvalue weighted by Gasteiger charge is 2.28. The molecule has 3 rings (SSSR count). The molecule has 2 heterocycles. The number of fused-ring (bicyclic) bond motifs is 1. The molecule has 2 aliphatic heterocycles. The zero-order valence-corrected chi connectivity index (χ0v) is 13.5. The number of likely N-dealkylation sites (tertiary alicyclic amines) is 1. The Morgan fingerprint density at radius 2 is 2.22 bits per heavy atom. The number of nitro groups is 1. The Morgan fingerprint density at radius 1 is 1.39 bits per heavy atom. The molecule has 0 N–H and O–H groups in total. The minimum absolute atomic E-state index is 0.0971. The number of hydrogen-bond donors (Lipinski definition) is 0. The average Bonchev–Trinajstić information content (AvgIpc) is 2.98. The standard InChI is InChI=1S/C17H23N3O3/c1-2-13-4-3-8-18(11-13)12-17(21)19-9-7-14-10-15(20(22)23)5-6-16(14)19/h5-6,10,13H,2-4,7-9,11-12H2,1H3/t13-/m0/s1. The highest BCUT2D eigenvalue weighted by atomic mass is 16.6. The summed E-state index contributed by atoms with van der Waals surface area (Å²) in [7, 11) is 0. The van der Waals surface area contributed by atoms with Gasteiger partial charge in [-0.25, -0.2) is 0 Å². The van der Waals surface area contributed by atoms with Crippen LogP contribution in [0.5, 0.6) is 0 Å². The summed E-state index contributed by atoms with van der Waals surface area (Å²) in [6.07, 6.45) is 4.28. The summed E-state index contributed by atoms with van der Waals surface area (Å²) in [6, 6.07) is 4.79. The molecule has 2 aliphatic rings. The smallest absolute Gasteiger partial charge is 0.269 e. The number of nitro benzene ring substituents is 1. The minimum atomic E-state index is -0.386. The lowest BCUT2D eigenvalue weighted by molar-refractivity contribution is -0.384. The average molecular weight is 317 g/mol. The Bertz CT molecular complexity index is 617. The van der Waals surface area contributed by atoms with Crippen molar-refractivity contribution in [1.82, 2.24) is 4.90 Å². The van der Waals surface area contributed by atoms with Crippen LogP contribution in [0, 0.1) is 16.0 Å². The first-order valence-electron chi connectivity index (χ1n) is 8.38. The molecule has 6 nitrogen and oxygen atoms in total. The second-order valence-corrected chi connectivity index (χ2v) is 6.52. The zero-order chi connectivity index (χ0) is 16.4. The first-order valence-corrected chi connectivity index (χ1v) is 8.38. The number of nitrogens with zero attached hydrogens (tertiary/aromatic N) is 3. The molecule has 1 atom stereocenters. The summed E-state index contributed by atoms with van der Waals surface area (Å²) >= 11 is 0. The van der Waals surface area contributed by atoms with Crippen molar-refractivity contribution in [1.29, 1.82) is 0 Å². The fourth-order valence-corrected chi connectivity index (χ4v) is 3.67. The van der Waals surface area contributed by atoms with Gasteiger partial charge in [0.05, 0.1) is 11.5 Å². The van der Waals surface area contributed by atoms with E-state index in [1.807, 2.05) is 0 Å². The van der Waals surface area contributed by atoms with E-state index in [1.54, 1.807) is 17.0 Å². The summed E-state index contributed by atoms with van der Waals surface area (Å²) in [5, 5.41) is 10.9. The summed E-state index contributed by atoms with van der Waals surface area (Å²) in [5.74, 6) is 0.805. The Morgan fingerprint density at radius 3 is 2.96 bits per heavy atom. The number of carbonyl (C=O) groups excluding carboxylic acids is 1. The van der Waals surface area contributed by atoms with Gasteiger partial charge in [0.25, 0.3) is 5.69 Å². The highest BCUT2D eigenvalue weighted by Crippen LogP contribution is 2.31. The maximum atomic E-state index is 12.6. The van der Waals surface area contributed by atoms with Gasteiger partial charge < -0.3 is 4.90 Å². The van der Waals surface area contributed by atoms with Crippen LogP contribution in [0.3, 0.4) is 0 Å². The van der Waals surface area contributed by atoms with E-state index in [2.05, 4.69) is 11.8 Å². The zero-order valence-electron chi connectivity index (χ0n) is 13.5. The van der Waals surface area contributed by atoms with Gasteiger partial charge >= 0.3 is 0 Å². The van der Waals surface area contributed by atoms with Crippen molar-refractivity contribution in [3.05, 3.63) is 33.9 Å². The lowest BCUT2D eigenvalue weighted by atomic mass is 9.96. The van der Waals surface area contributed by atoms with Crippen LogP contribution in [0.15, 0.2) is 18.2 Å². The van der Waals surface area contributed by atoms with Gasteiger partial charge in [0.1, 0.15) is 0 Å². The normalized spacial score (nSPS) is 21.3. The Kier molecular flexibility index (Phi) is 4.61. The number of amides is 1. The van der Waals surface area contributed by atoms with Gasteiger partial charge in [-0.2, -0.15) is 0 Å². The molecular formula is C17H23N3O3. The van der Waals surface area contributed by atoms with Gasteiger partial charge in [0, 0.05) is 30.9 Å². The van der Waals surface area contributed by atoms with Crippen molar-refractivity contribution in [3.8, 4) is 0 Å². The van der Waals surface area contributed by atoms with E-state index in [4.69, 9.17) is 0 Å². The minimum Gasteiger partial charge on any atom is -0.311 e. The first-order chi connectivity index (χ1) is 11.1. The molecule has 1 saturated heterocycles. The molecule has 0 spiro atoms. The molecule has 1 fully saturated rings. The van der Waals surface area contributed by atoms with Gasteiger partial charge in [-0.15, -0.1) is 0 Å². The Balaban J connectivity index is 1.67. The molecule has 23 heavy (non-hydrogen) atoms. The molecule has 0 radical (unpaired) electrons. The van der Waals surface area contributed by atoms with Crippen molar-refractivity contribution < 1.29 is 9.72 Å². The quantitative estimate of drug-likeness (QED) is 0.632. The molecule has 0 aromatic heterocycles. The van der Waals surface area contributed by atoms with Crippen LogP contribution < -0.4 is 4.90 Å². The molecular weight excluding hydrogens is 294 g/mol. The molecule has 0 unspecified atom stereocenters. The van der Waals surface area contributed by atoms with Gasteiger partial charge in [-0.3, -0.25) is 19.8 Å². The van der Waals surface area contributed by atoms with E-state index in [0.717, 1.165) is 30.8 Å². The topological polar surface area (TPSA) is 66.7 Å². The van der Waals surface area contributed by atoms with Gasteiger partial charge in [0.15, 0.2) is 0 Å². The van der Waals surface area contributed by atoms with Crippen molar-refractivity contribution in [2.45, 2.75) is 32.6 Å². The lowest BCUT2D eigenvalue weighted by Crippen LogP contribution is -2.43. The fourth-order valence-electron chi connectivity index (χ4n) is 3.67. The second-order valence-electron chi connectivity index (χ2n) is 6.52. The van der Waals surface area contributed by atoms with Gasteiger partial charge in [0.2, 0.25) is 5.91 Å². The number of rotatable bonds is 4. The number of benzene rings is 1. The maximum absolute atomic E-state index is 12.6. The van der Waals surface area contributed by atoms with E-state index in [1.165, 1.54) is 18.9 Å². The van der Waals surface area contributed by atoms with Crippen LogP contribution in [-0.2, 0) is 11.2 Å². The SMILES string of the molecule is CC[C@H]1CCCN(CC(=O)N2CCc3cc([N+](=O)[O-])ccc32)C1. The molecule has 1 aromatic carbocycles. The monoisotopic (exact) mass is 317 g/mol. The Labute approximate surface area is 136 Å². The molecule has 0 saturated carbocycles. The molecule has 124 valence electrons. The van der Waals surface area contributed by atoms with Crippen LogP contribution in [0.4, 0.5) is 11.4 Å². The van der Waals surface area contributed by atoms with Crippen LogP contribution in [0.25, 0.3) is 0 Å². The summed E-state index contributed by atoms with van der Waals surface area (Å²) in [6.45, 7) is 5.28. The third kappa shape index (κ3) is 3.37. The van der Waals surface area contributed by atoms with Gasteiger partial charge in [-0.1, -0.05) is 13.3 Å². The van der Waals surface area contributed by atoms with E-state index in [-0.39, 0.29) is 16.5 Å². The van der Waals surface area contributed by atoms with E-state index >= 15 is 0 Å². The number of anilines is 1. The molecule has 0 aliphatic carbocycles. The van der Waals surface area contributed by atoms with E-state index in [0.29, 0.717) is 25.4 Å². The largest absolute Gasteiger partial charge is 0.311 e. The molecule has 1 amide bonds. The molecule has 1 aromatic rings. The Hall–Kier alpha value is -1.95. The fraction of sp³-hybridized carbons (Fsp3) is 0.588. The van der Waals surface area contributed by atoms with E-state index < -0.39 is 0 Å². The van der Waals surface area contributed by atoms with Crippen molar-refractivity contribution in [2.24, 2.45) is 5.92 Å². The summed E-state index contributed by atoms with van der Waals surface area (Å²) < 4.78 is 0. The first kappa shape index (κ1) is 15.9. The van der Waals surface area contributed by atoms with Crippen LogP contribution in [-0.4, -0.2) is 41.9 Å².